The van der Waals surface area contributed by atoms with Gasteiger partial charge < -0.3 is 19.5 Å². The van der Waals surface area contributed by atoms with E-state index in [1.165, 1.54) is 44.6 Å². The number of anilines is 2. The zero-order valence-electron chi connectivity index (χ0n) is 21.6. The average molecular weight is 639 g/mol. The summed E-state index contributed by atoms with van der Waals surface area (Å²) in [5.41, 5.74) is 0.854. The van der Waals surface area contributed by atoms with Gasteiger partial charge in [-0.3, -0.25) is 14.8 Å². The third-order valence-corrected chi connectivity index (χ3v) is 7.30. The summed E-state index contributed by atoms with van der Waals surface area (Å²) in [5.74, 6) is 0.870. The van der Waals surface area contributed by atoms with Crippen LogP contribution >= 0.6 is 28.1 Å². The fourth-order valence-corrected chi connectivity index (χ4v) is 4.76. The van der Waals surface area contributed by atoms with Gasteiger partial charge >= 0.3 is 6.01 Å². The molecule has 3 N–H and O–H groups in total. The van der Waals surface area contributed by atoms with Crippen molar-refractivity contribution in [1.82, 2.24) is 15.3 Å². The summed E-state index contributed by atoms with van der Waals surface area (Å²) in [4.78, 5) is 20.5. The summed E-state index contributed by atoms with van der Waals surface area (Å²) in [7, 11) is -1.24. The summed E-state index contributed by atoms with van der Waals surface area (Å²) in [6.45, 7) is 4.82. The zero-order valence-corrected chi connectivity index (χ0v) is 24.9. The Bertz CT molecular complexity index is 1410. The molecule has 0 aliphatic heterocycles. The summed E-state index contributed by atoms with van der Waals surface area (Å²) in [6.07, 6.45) is 0.921. The van der Waals surface area contributed by atoms with Crippen LogP contribution in [0.15, 0.2) is 57.9 Å². The molecule has 11 nitrogen and oxygen atoms in total. The van der Waals surface area contributed by atoms with Crippen LogP contribution < -0.4 is 29.6 Å². The number of hydrogen-bond donors (Lipinski definition) is 3. The molecule has 1 heterocycles. The molecule has 0 saturated carbocycles. The Morgan fingerprint density at radius 3 is 2.38 bits per heavy atom. The molecule has 0 spiro atoms. The van der Waals surface area contributed by atoms with Gasteiger partial charge in [0, 0.05) is 17.3 Å². The van der Waals surface area contributed by atoms with Gasteiger partial charge in [-0.1, -0.05) is 13.8 Å². The van der Waals surface area contributed by atoms with E-state index in [2.05, 4.69) is 55.1 Å². The van der Waals surface area contributed by atoms with Crippen LogP contribution in [0.1, 0.15) is 30.6 Å². The molecular weight excluding hydrogens is 610 g/mol. The zero-order chi connectivity index (χ0) is 28.6. The molecule has 0 atom stereocenters. The first-order chi connectivity index (χ1) is 18.5. The minimum Gasteiger partial charge on any atom is -0.492 e. The van der Waals surface area contributed by atoms with E-state index in [-0.39, 0.29) is 27.7 Å². The topological polar surface area (TPSA) is 141 Å². The van der Waals surface area contributed by atoms with Gasteiger partial charge in [-0.25, -0.2) is 8.42 Å². The lowest BCUT2D eigenvalue weighted by Crippen LogP contribution is -2.34. The molecule has 0 radical (unpaired) electrons. The third-order valence-electron chi connectivity index (χ3n) is 5.11. The van der Waals surface area contributed by atoms with Gasteiger partial charge in [0.25, 0.3) is 15.9 Å². The molecule has 0 bridgehead atoms. The molecule has 39 heavy (non-hydrogen) atoms. The van der Waals surface area contributed by atoms with E-state index < -0.39 is 15.9 Å². The fourth-order valence-electron chi connectivity index (χ4n) is 3.07. The van der Waals surface area contributed by atoms with Gasteiger partial charge in [0.15, 0.2) is 10.9 Å². The van der Waals surface area contributed by atoms with Crippen molar-refractivity contribution in [2.45, 2.75) is 25.2 Å². The normalized spacial score (nSPS) is 11.0. The van der Waals surface area contributed by atoms with Crippen molar-refractivity contribution < 1.29 is 27.4 Å². The largest absolute Gasteiger partial charge is 0.492 e. The maximum absolute atomic E-state index is 12.8. The lowest BCUT2D eigenvalue weighted by Gasteiger charge is -2.13. The van der Waals surface area contributed by atoms with Crippen molar-refractivity contribution in [2.75, 3.05) is 30.9 Å². The second-order valence-corrected chi connectivity index (χ2v) is 11.4. The number of nitrogens with one attached hydrogen (secondary N) is 3. The summed E-state index contributed by atoms with van der Waals surface area (Å²) >= 11 is 8.68. The Kier molecular flexibility index (Phi) is 10.4. The van der Waals surface area contributed by atoms with Gasteiger partial charge in [0.1, 0.15) is 5.75 Å². The van der Waals surface area contributed by atoms with Crippen LogP contribution in [0.3, 0.4) is 0 Å². The highest BCUT2D eigenvalue weighted by Gasteiger charge is 2.17. The fraction of sp³-hybridized carbons (Fsp3) is 0.280. The van der Waals surface area contributed by atoms with E-state index in [0.29, 0.717) is 34.0 Å². The molecule has 0 unspecified atom stereocenters. The van der Waals surface area contributed by atoms with E-state index in [4.69, 9.17) is 26.4 Å². The Morgan fingerprint density at radius 1 is 1.05 bits per heavy atom. The van der Waals surface area contributed by atoms with Crippen LogP contribution in [-0.2, 0) is 10.0 Å². The second kappa shape index (κ2) is 13.5. The molecule has 1 aromatic heterocycles. The lowest BCUT2D eigenvalue weighted by molar-refractivity contribution is 0.0977. The quantitative estimate of drug-likeness (QED) is 0.255. The first kappa shape index (κ1) is 30.1. The van der Waals surface area contributed by atoms with Crippen molar-refractivity contribution >= 4 is 60.7 Å². The third kappa shape index (κ3) is 8.76. The highest BCUT2D eigenvalue weighted by Crippen LogP contribution is 2.26. The smallest absolute Gasteiger partial charge is 0.321 e. The number of sulfonamides is 1. The van der Waals surface area contributed by atoms with Gasteiger partial charge in [-0.05, 0) is 83.0 Å². The number of hydrogen-bond acceptors (Lipinski definition) is 9. The molecule has 0 aliphatic rings. The number of rotatable bonds is 11. The van der Waals surface area contributed by atoms with Gasteiger partial charge in [0.05, 0.1) is 30.2 Å². The molecule has 2 aromatic carbocycles. The Morgan fingerprint density at radius 2 is 1.77 bits per heavy atom. The van der Waals surface area contributed by atoms with Gasteiger partial charge in [0.2, 0.25) is 5.88 Å². The van der Waals surface area contributed by atoms with Crippen molar-refractivity contribution in [3.8, 4) is 17.6 Å². The average Bonchev–Trinajstić information content (AvgIpc) is 2.89. The van der Waals surface area contributed by atoms with E-state index in [9.17, 15) is 13.2 Å². The monoisotopic (exact) mass is 637 g/mol. The molecule has 0 fully saturated rings. The highest BCUT2D eigenvalue weighted by molar-refractivity contribution is 9.10. The van der Waals surface area contributed by atoms with Gasteiger partial charge in [-0.15, -0.1) is 0 Å². The maximum Gasteiger partial charge on any atom is 0.321 e. The summed E-state index contributed by atoms with van der Waals surface area (Å²) < 4.78 is 44.4. The van der Waals surface area contributed by atoms with Crippen molar-refractivity contribution in [2.24, 2.45) is 5.92 Å². The number of amides is 1. The lowest BCUT2D eigenvalue weighted by atomic mass is 10.1. The van der Waals surface area contributed by atoms with Crippen molar-refractivity contribution in [3.05, 3.63) is 58.6 Å². The van der Waals surface area contributed by atoms with E-state index in [0.717, 1.165) is 6.42 Å². The number of halogens is 1. The number of nitrogens with zero attached hydrogens (tertiary/aromatic N) is 2. The molecule has 1 amide bonds. The predicted molar refractivity (Wildman–Crippen MR) is 155 cm³/mol. The Hall–Kier alpha value is -3.49. The van der Waals surface area contributed by atoms with Crippen molar-refractivity contribution in [3.63, 3.8) is 0 Å². The van der Waals surface area contributed by atoms with Crippen LogP contribution in [0, 0.1) is 5.92 Å². The second-order valence-electron chi connectivity index (χ2n) is 8.50. The minimum atomic E-state index is -3.98. The van der Waals surface area contributed by atoms with Crippen LogP contribution in [-0.4, -0.2) is 50.2 Å². The maximum atomic E-state index is 12.8. The molecule has 3 aromatic rings. The number of methoxy groups -OCH3 is 2. The van der Waals surface area contributed by atoms with E-state index >= 15 is 0 Å². The molecular formula is C25H28BrN5O6S2. The van der Waals surface area contributed by atoms with E-state index in [1.54, 1.807) is 18.2 Å². The van der Waals surface area contributed by atoms with Crippen LogP contribution in [0.2, 0.25) is 0 Å². The van der Waals surface area contributed by atoms with Crippen LogP contribution in [0.25, 0.3) is 0 Å². The Labute approximate surface area is 240 Å². The Balaban J connectivity index is 1.60. The SMILES string of the molecule is COc1cc(NS(=O)(=O)c2ccc(NC(=S)NC(=O)c3ccc(OCCC(C)C)c(Br)c3)cc2)nc(OC)n1. The highest BCUT2D eigenvalue weighted by atomic mass is 79.9. The molecule has 3 rings (SSSR count). The first-order valence-corrected chi connectivity index (χ1v) is 14.3. The molecule has 208 valence electrons. The number of carbonyl (C=O) groups excluding carboxylic acids is 1. The first-order valence-electron chi connectivity index (χ1n) is 11.7. The molecule has 0 saturated heterocycles. The minimum absolute atomic E-state index is 0.0217. The predicted octanol–water partition coefficient (Wildman–Crippen LogP) is 4.61. The molecule has 0 aliphatic carbocycles. The van der Waals surface area contributed by atoms with Crippen molar-refractivity contribution in [1.29, 1.82) is 0 Å². The van der Waals surface area contributed by atoms with Crippen LogP contribution in [0.4, 0.5) is 11.5 Å². The standard InChI is InChI=1S/C25H28BrN5O6S2/c1-15(2)11-12-37-20-10-5-16(13-19(20)26)23(32)30-25(38)27-17-6-8-18(9-7-17)39(33,34)31-21-14-22(35-3)29-24(28-21)36-4/h5-10,13-15H,11-12H2,1-4H3,(H,28,29,31)(H2,27,30,32,38). The summed E-state index contributed by atoms with van der Waals surface area (Å²) in [5, 5.41) is 5.50. The number of benzene rings is 2. The summed E-state index contributed by atoms with van der Waals surface area (Å²) in [6, 6.07) is 12.0. The number of thiocarbonyl (C=S) groups is 1. The van der Waals surface area contributed by atoms with E-state index in [1.807, 2.05) is 0 Å². The number of carbonyl (C=O) groups is 1. The van der Waals surface area contributed by atoms with Gasteiger partial charge in [-0.2, -0.15) is 9.97 Å². The number of aromatic nitrogens is 2. The number of ether oxygens (including phenoxy) is 3. The molecule has 14 heteroatoms. The van der Waals surface area contributed by atoms with Crippen LogP contribution in [0.5, 0.6) is 17.6 Å².